The highest BCUT2D eigenvalue weighted by molar-refractivity contribution is 7.92. The maximum Gasteiger partial charge on any atom is 0.268 e. The highest BCUT2D eigenvalue weighted by Crippen LogP contribution is 2.23. The maximum absolute atomic E-state index is 13.6. The van der Waals surface area contributed by atoms with Crippen molar-refractivity contribution in [3.05, 3.63) is 41.6 Å². The van der Waals surface area contributed by atoms with E-state index < -0.39 is 20.7 Å². The van der Waals surface area contributed by atoms with Crippen molar-refractivity contribution < 1.29 is 12.8 Å². The molecule has 3 N–H and O–H groups in total. The number of sulfonamides is 1. The lowest BCUT2D eigenvalue weighted by molar-refractivity contribution is 0.571. The van der Waals surface area contributed by atoms with Crippen LogP contribution in [0.15, 0.2) is 35.4 Å². The number of aromatic nitrogens is 2. The summed E-state index contributed by atoms with van der Waals surface area (Å²) in [5.41, 5.74) is 5.27. The van der Waals surface area contributed by atoms with Gasteiger partial charge in [0.15, 0.2) is 0 Å². The molecule has 2 rings (SSSR count). The molecule has 6 nitrogen and oxygen atoms in total. The number of nitrogens with zero attached hydrogens (tertiary/aromatic N) is 2. The quantitative estimate of drug-likeness (QED) is 0.663. The van der Waals surface area contributed by atoms with Gasteiger partial charge in [-0.25, -0.2) is 17.8 Å². The minimum atomic E-state index is -4.19. The van der Waals surface area contributed by atoms with Crippen LogP contribution in [0.3, 0.4) is 0 Å². The van der Waals surface area contributed by atoms with Crippen LogP contribution in [0.25, 0.3) is 0 Å². The number of halogens is 2. The number of anilines is 2. The molecule has 0 bridgehead atoms. The molecule has 0 fully saturated rings. The van der Waals surface area contributed by atoms with E-state index in [-0.39, 0.29) is 16.8 Å². The summed E-state index contributed by atoms with van der Waals surface area (Å²) in [4.78, 5) is 6.61. The van der Waals surface area contributed by atoms with Crippen molar-refractivity contribution in [1.29, 1.82) is 0 Å². The first kappa shape index (κ1) is 13.5. The molecule has 2 aromatic rings. The maximum atomic E-state index is 13.6. The minimum Gasteiger partial charge on any atom is -0.398 e. The monoisotopic (exact) mass is 302 g/mol. The number of nitrogen functional groups attached to an aromatic ring is 1. The first-order valence-electron chi connectivity index (χ1n) is 4.95. The average molecular weight is 303 g/mol. The van der Waals surface area contributed by atoms with Crippen molar-refractivity contribution in [2.75, 3.05) is 10.5 Å². The van der Waals surface area contributed by atoms with E-state index in [1.54, 1.807) is 0 Å². The summed E-state index contributed by atoms with van der Waals surface area (Å²) in [5.74, 6) is -1.03. The van der Waals surface area contributed by atoms with Gasteiger partial charge in [-0.15, -0.1) is 0 Å². The van der Waals surface area contributed by atoms with Crippen molar-refractivity contribution >= 4 is 33.1 Å². The summed E-state index contributed by atoms with van der Waals surface area (Å²) < 4.78 is 39.7. The van der Waals surface area contributed by atoms with E-state index in [0.717, 1.165) is 6.07 Å². The van der Waals surface area contributed by atoms with E-state index in [1.807, 2.05) is 0 Å². The SMILES string of the molecule is Nc1cccc(F)c1S(=O)(=O)Nc1ccnc(Cl)n1. The molecule has 0 aliphatic carbocycles. The number of nitrogens with one attached hydrogen (secondary N) is 1. The van der Waals surface area contributed by atoms with Gasteiger partial charge in [0.25, 0.3) is 10.0 Å². The van der Waals surface area contributed by atoms with Gasteiger partial charge in [0.1, 0.15) is 16.5 Å². The van der Waals surface area contributed by atoms with E-state index in [0.29, 0.717) is 0 Å². The molecule has 0 saturated carbocycles. The van der Waals surface area contributed by atoms with Gasteiger partial charge in [-0.1, -0.05) is 6.07 Å². The van der Waals surface area contributed by atoms with E-state index >= 15 is 0 Å². The summed E-state index contributed by atoms with van der Waals surface area (Å²) >= 11 is 5.53. The Hall–Kier alpha value is -1.93. The Morgan fingerprint density at radius 1 is 1.32 bits per heavy atom. The average Bonchev–Trinajstić information content (AvgIpc) is 2.27. The van der Waals surface area contributed by atoms with Crippen LogP contribution in [0.4, 0.5) is 15.9 Å². The molecule has 1 aromatic heterocycles. The molecule has 19 heavy (non-hydrogen) atoms. The summed E-state index contributed by atoms with van der Waals surface area (Å²) in [6.45, 7) is 0. The Labute approximate surface area is 113 Å². The van der Waals surface area contributed by atoms with Crippen LogP contribution >= 0.6 is 11.6 Å². The first-order valence-corrected chi connectivity index (χ1v) is 6.81. The molecule has 1 aromatic carbocycles. The number of rotatable bonds is 3. The Kier molecular flexibility index (Phi) is 3.54. The molecule has 1 heterocycles. The fourth-order valence-electron chi connectivity index (χ4n) is 1.39. The highest BCUT2D eigenvalue weighted by atomic mass is 35.5. The summed E-state index contributed by atoms with van der Waals surface area (Å²) in [6.07, 6.45) is 1.26. The van der Waals surface area contributed by atoms with E-state index in [4.69, 9.17) is 17.3 Å². The largest absolute Gasteiger partial charge is 0.398 e. The highest BCUT2D eigenvalue weighted by Gasteiger charge is 2.22. The molecule has 0 radical (unpaired) electrons. The third-order valence-corrected chi connectivity index (χ3v) is 3.76. The zero-order valence-corrected chi connectivity index (χ0v) is 10.9. The standard InChI is InChI=1S/C10H8ClFN4O2S/c11-10-14-5-4-8(15-10)16-19(17,18)9-6(12)2-1-3-7(9)13/h1-5H,13H2,(H,14,15,16). The smallest absolute Gasteiger partial charge is 0.268 e. The van der Waals surface area contributed by atoms with Crippen LogP contribution in [0.2, 0.25) is 5.28 Å². The van der Waals surface area contributed by atoms with Gasteiger partial charge in [-0.3, -0.25) is 4.72 Å². The van der Waals surface area contributed by atoms with Crippen LogP contribution in [0, 0.1) is 5.82 Å². The van der Waals surface area contributed by atoms with Crippen LogP contribution in [0.5, 0.6) is 0 Å². The fraction of sp³-hybridized carbons (Fsp3) is 0. The van der Waals surface area contributed by atoms with Gasteiger partial charge in [0.05, 0.1) is 5.69 Å². The molecule has 0 saturated heterocycles. The second kappa shape index (κ2) is 4.98. The van der Waals surface area contributed by atoms with Gasteiger partial charge >= 0.3 is 0 Å². The van der Waals surface area contributed by atoms with Crippen molar-refractivity contribution in [1.82, 2.24) is 9.97 Å². The lowest BCUT2D eigenvalue weighted by Crippen LogP contribution is -2.17. The van der Waals surface area contributed by atoms with Gasteiger partial charge in [-0.05, 0) is 29.8 Å². The number of nitrogens with two attached hydrogens (primary N) is 1. The van der Waals surface area contributed by atoms with Gasteiger partial charge in [-0.2, -0.15) is 4.98 Å². The number of benzene rings is 1. The third kappa shape index (κ3) is 2.91. The number of hydrogen-bond donors (Lipinski definition) is 2. The van der Waals surface area contributed by atoms with Gasteiger partial charge in [0, 0.05) is 6.20 Å². The summed E-state index contributed by atoms with van der Waals surface area (Å²) in [6, 6.07) is 4.87. The predicted molar refractivity (Wildman–Crippen MR) is 68.7 cm³/mol. The summed E-state index contributed by atoms with van der Waals surface area (Å²) in [5, 5.41) is -0.137. The zero-order valence-electron chi connectivity index (χ0n) is 9.34. The topological polar surface area (TPSA) is 98.0 Å². The lowest BCUT2D eigenvalue weighted by Gasteiger charge is -2.10. The van der Waals surface area contributed by atoms with Gasteiger partial charge in [0.2, 0.25) is 5.28 Å². The molecule has 0 amide bonds. The Morgan fingerprint density at radius 3 is 2.68 bits per heavy atom. The molecule has 9 heteroatoms. The lowest BCUT2D eigenvalue weighted by atomic mass is 10.3. The van der Waals surface area contributed by atoms with Crippen LogP contribution < -0.4 is 10.5 Å². The molecule has 0 aliphatic heterocycles. The van der Waals surface area contributed by atoms with Crippen molar-refractivity contribution in [3.8, 4) is 0 Å². The molecule has 0 aliphatic rings. The van der Waals surface area contributed by atoms with Crippen LogP contribution in [-0.4, -0.2) is 18.4 Å². The van der Waals surface area contributed by atoms with Crippen LogP contribution in [0.1, 0.15) is 0 Å². The Balaban J connectivity index is 2.44. The molecule has 100 valence electrons. The van der Waals surface area contributed by atoms with Crippen molar-refractivity contribution in [2.24, 2.45) is 0 Å². The van der Waals surface area contributed by atoms with E-state index in [9.17, 15) is 12.8 Å². The van der Waals surface area contributed by atoms with E-state index in [2.05, 4.69) is 14.7 Å². The molecular formula is C10H8ClFN4O2S. The second-order valence-electron chi connectivity index (χ2n) is 3.47. The molecule has 0 atom stereocenters. The fourth-order valence-corrected chi connectivity index (χ4v) is 2.73. The number of hydrogen-bond acceptors (Lipinski definition) is 5. The van der Waals surface area contributed by atoms with E-state index in [1.165, 1.54) is 24.4 Å². The molecule has 0 spiro atoms. The third-order valence-electron chi connectivity index (χ3n) is 2.13. The van der Waals surface area contributed by atoms with Crippen molar-refractivity contribution in [2.45, 2.75) is 4.90 Å². The predicted octanol–water partition coefficient (Wildman–Crippen LogP) is 1.65. The Bertz CT molecular complexity index is 703. The van der Waals surface area contributed by atoms with Crippen LogP contribution in [-0.2, 0) is 10.0 Å². The molecular weight excluding hydrogens is 295 g/mol. The minimum absolute atomic E-state index is 0.0809. The normalized spacial score (nSPS) is 11.3. The summed E-state index contributed by atoms with van der Waals surface area (Å²) in [7, 11) is -4.19. The first-order chi connectivity index (χ1) is 8.90. The molecule has 0 unspecified atom stereocenters. The second-order valence-corrected chi connectivity index (χ2v) is 5.43. The Morgan fingerprint density at radius 2 is 2.05 bits per heavy atom. The zero-order chi connectivity index (χ0) is 14.0. The van der Waals surface area contributed by atoms with Gasteiger partial charge < -0.3 is 5.73 Å². The van der Waals surface area contributed by atoms with Crippen molar-refractivity contribution in [3.63, 3.8) is 0 Å².